The van der Waals surface area contributed by atoms with E-state index in [4.69, 9.17) is 0 Å². The molecule has 128 valence electrons. The van der Waals surface area contributed by atoms with Gasteiger partial charge in [-0.1, -0.05) is 78.9 Å². The molecule has 25 heavy (non-hydrogen) atoms. The summed E-state index contributed by atoms with van der Waals surface area (Å²) in [6.45, 7) is 0.381. The summed E-state index contributed by atoms with van der Waals surface area (Å²) < 4.78 is 24.9. The van der Waals surface area contributed by atoms with Crippen LogP contribution in [-0.2, 0) is 9.84 Å². The number of sulfone groups is 1. The van der Waals surface area contributed by atoms with Gasteiger partial charge in [-0.15, -0.1) is 0 Å². The van der Waals surface area contributed by atoms with Crippen LogP contribution >= 0.6 is 0 Å². The van der Waals surface area contributed by atoms with Crippen molar-refractivity contribution >= 4 is 9.84 Å². The van der Waals surface area contributed by atoms with E-state index in [-0.39, 0.29) is 11.8 Å². The van der Waals surface area contributed by atoms with E-state index < -0.39 is 9.84 Å². The van der Waals surface area contributed by atoms with E-state index in [0.717, 1.165) is 11.1 Å². The highest BCUT2D eigenvalue weighted by Gasteiger charge is 2.17. The van der Waals surface area contributed by atoms with Crippen LogP contribution < -0.4 is 5.32 Å². The van der Waals surface area contributed by atoms with Gasteiger partial charge in [0.1, 0.15) is 0 Å². The molecule has 0 aliphatic rings. The van der Waals surface area contributed by atoms with E-state index in [0.29, 0.717) is 11.4 Å². The molecule has 0 saturated heterocycles. The summed E-state index contributed by atoms with van der Waals surface area (Å²) in [6, 6.07) is 28.7. The first kappa shape index (κ1) is 17.4. The van der Waals surface area contributed by atoms with Crippen LogP contribution in [0.1, 0.15) is 17.2 Å². The van der Waals surface area contributed by atoms with Gasteiger partial charge >= 0.3 is 0 Å². The number of hydrogen-bond donors (Lipinski definition) is 1. The molecule has 0 heterocycles. The number of hydrogen-bond acceptors (Lipinski definition) is 3. The molecule has 1 N–H and O–H groups in total. The zero-order valence-electron chi connectivity index (χ0n) is 13.9. The smallest absolute Gasteiger partial charge is 0.179 e. The van der Waals surface area contributed by atoms with Crippen molar-refractivity contribution < 1.29 is 8.42 Å². The standard InChI is InChI=1S/C21H21NO2S/c23-25(24,20-14-8-3-9-15-20)17-16-22-21(18-10-4-1-5-11-18)19-12-6-2-7-13-19/h1-15,21-22H,16-17H2. The van der Waals surface area contributed by atoms with Crippen LogP contribution in [0.5, 0.6) is 0 Å². The van der Waals surface area contributed by atoms with Gasteiger partial charge in [-0.2, -0.15) is 0 Å². The van der Waals surface area contributed by atoms with E-state index in [1.807, 2.05) is 42.5 Å². The second-order valence-corrected chi connectivity index (χ2v) is 7.95. The molecular weight excluding hydrogens is 330 g/mol. The molecule has 0 unspecified atom stereocenters. The maximum atomic E-state index is 12.4. The van der Waals surface area contributed by atoms with Gasteiger partial charge in [0.05, 0.1) is 16.7 Å². The highest BCUT2D eigenvalue weighted by Crippen LogP contribution is 2.21. The topological polar surface area (TPSA) is 46.2 Å². The quantitative estimate of drug-likeness (QED) is 0.703. The van der Waals surface area contributed by atoms with Gasteiger partial charge in [0.15, 0.2) is 9.84 Å². The molecule has 3 aromatic rings. The van der Waals surface area contributed by atoms with Gasteiger partial charge < -0.3 is 5.32 Å². The van der Waals surface area contributed by atoms with Crippen molar-refractivity contribution in [3.63, 3.8) is 0 Å². The number of rotatable bonds is 7. The van der Waals surface area contributed by atoms with Crippen LogP contribution in [-0.4, -0.2) is 20.7 Å². The molecule has 0 saturated carbocycles. The van der Waals surface area contributed by atoms with Crippen molar-refractivity contribution in [2.75, 3.05) is 12.3 Å². The summed E-state index contributed by atoms with van der Waals surface area (Å²) in [5.74, 6) is 0.0627. The first-order valence-electron chi connectivity index (χ1n) is 8.28. The van der Waals surface area contributed by atoms with Crippen molar-refractivity contribution in [3.05, 3.63) is 102 Å². The second kappa shape index (κ2) is 8.10. The third kappa shape index (κ3) is 4.56. The lowest BCUT2D eigenvalue weighted by Gasteiger charge is -2.20. The lowest BCUT2D eigenvalue weighted by Crippen LogP contribution is -2.28. The Kier molecular flexibility index (Phi) is 5.64. The van der Waals surface area contributed by atoms with E-state index in [2.05, 4.69) is 29.6 Å². The van der Waals surface area contributed by atoms with Crippen molar-refractivity contribution in [3.8, 4) is 0 Å². The molecule has 4 heteroatoms. The lowest BCUT2D eigenvalue weighted by molar-refractivity contribution is 0.582. The van der Waals surface area contributed by atoms with Crippen molar-refractivity contribution in [1.29, 1.82) is 0 Å². The summed E-state index contributed by atoms with van der Waals surface area (Å²) in [5.41, 5.74) is 2.23. The average molecular weight is 351 g/mol. The Morgan fingerprint density at radius 3 is 1.60 bits per heavy atom. The molecule has 0 aromatic heterocycles. The first-order chi connectivity index (χ1) is 12.2. The fraction of sp³-hybridized carbons (Fsp3) is 0.143. The zero-order chi connectivity index (χ0) is 17.5. The largest absolute Gasteiger partial charge is 0.305 e. The molecule has 0 spiro atoms. The Bertz CT molecular complexity index is 839. The van der Waals surface area contributed by atoms with E-state index in [1.54, 1.807) is 24.3 Å². The van der Waals surface area contributed by atoms with Crippen LogP contribution in [0, 0.1) is 0 Å². The van der Waals surface area contributed by atoms with Crippen LogP contribution in [0.3, 0.4) is 0 Å². The molecule has 0 atom stereocenters. The maximum Gasteiger partial charge on any atom is 0.179 e. The Labute approximate surface area is 149 Å². The maximum absolute atomic E-state index is 12.4. The third-order valence-corrected chi connectivity index (χ3v) is 5.82. The molecular formula is C21H21NO2S. The Morgan fingerprint density at radius 1 is 0.680 bits per heavy atom. The summed E-state index contributed by atoms with van der Waals surface area (Å²) in [5, 5.41) is 3.40. The molecule has 0 radical (unpaired) electrons. The molecule has 3 aromatic carbocycles. The predicted octanol–water partition coefficient (Wildman–Crippen LogP) is 3.84. The summed E-state index contributed by atoms with van der Waals surface area (Å²) in [7, 11) is -3.28. The predicted molar refractivity (Wildman–Crippen MR) is 101 cm³/mol. The third-order valence-electron chi connectivity index (χ3n) is 4.09. The van der Waals surface area contributed by atoms with Gasteiger partial charge in [-0.3, -0.25) is 0 Å². The Balaban J connectivity index is 1.74. The zero-order valence-corrected chi connectivity index (χ0v) is 14.7. The van der Waals surface area contributed by atoms with Gasteiger partial charge in [-0.05, 0) is 23.3 Å². The Morgan fingerprint density at radius 2 is 1.12 bits per heavy atom. The van der Waals surface area contributed by atoms with Crippen LogP contribution in [0.2, 0.25) is 0 Å². The molecule has 0 aliphatic heterocycles. The van der Waals surface area contributed by atoms with Gasteiger partial charge in [-0.25, -0.2) is 8.42 Å². The molecule has 0 aliphatic carbocycles. The highest BCUT2D eigenvalue weighted by atomic mass is 32.2. The summed E-state index contributed by atoms with van der Waals surface area (Å²) >= 11 is 0. The summed E-state index contributed by atoms with van der Waals surface area (Å²) in [4.78, 5) is 0.368. The van der Waals surface area contributed by atoms with Crippen molar-refractivity contribution in [2.45, 2.75) is 10.9 Å². The SMILES string of the molecule is O=S(=O)(CCNC(c1ccccc1)c1ccccc1)c1ccccc1. The summed E-state index contributed by atoms with van der Waals surface area (Å²) in [6.07, 6.45) is 0. The van der Waals surface area contributed by atoms with Gasteiger partial charge in [0.25, 0.3) is 0 Å². The van der Waals surface area contributed by atoms with E-state index in [1.165, 1.54) is 0 Å². The van der Waals surface area contributed by atoms with E-state index >= 15 is 0 Å². The fourth-order valence-corrected chi connectivity index (χ4v) is 4.00. The lowest BCUT2D eigenvalue weighted by atomic mass is 9.99. The number of nitrogens with one attached hydrogen (secondary N) is 1. The number of benzene rings is 3. The average Bonchev–Trinajstić information content (AvgIpc) is 2.67. The molecule has 3 rings (SSSR count). The minimum absolute atomic E-state index is 0.0339. The monoisotopic (exact) mass is 351 g/mol. The minimum atomic E-state index is -3.28. The van der Waals surface area contributed by atoms with Crippen LogP contribution in [0.4, 0.5) is 0 Å². The molecule has 0 bridgehead atoms. The van der Waals surface area contributed by atoms with Crippen molar-refractivity contribution in [2.24, 2.45) is 0 Å². The molecule has 3 nitrogen and oxygen atoms in total. The second-order valence-electron chi connectivity index (χ2n) is 5.84. The minimum Gasteiger partial charge on any atom is -0.305 e. The van der Waals surface area contributed by atoms with Crippen LogP contribution in [0.25, 0.3) is 0 Å². The normalized spacial score (nSPS) is 11.6. The van der Waals surface area contributed by atoms with Crippen LogP contribution in [0.15, 0.2) is 95.9 Å². The molecule has 0 amide bonds. The van der Waals surface area contributed by atoms with Gasteiger partial charge in [0.2, 0.25) is 0 Å². The highest BCUT2D eigenvalue weighted by molar-refractivity contribution is 7.91. The van der Waals surface area contributed by atoms with Crippen molar-refractivity contribution in [1.82, 2.24) is 5.32 Å². The van der Waals surface area contributed by atoms with E-state index in [9.17, 15) is 8.42 Å². The Hall–Kier alpha value is -2.43. The first-order valence-corrected chi connectivity index (χ1v) is 9.93. The molecule has 0 fully saturated rings. The van der Waals surface area contributed by atoms with Gasteiger partial charge in [0, 0.05) is 6.54 Å². The fourth-order valence-electron chi connectivity index (χ4n) is 2.80.